The molecule has 0 radical (unpaired) electrons. The van der Waals surface area contributed by atoms with Crippen LogP contribution in [0, 0.1) is 0 Å². The van der Waals surface area contributed by atoms with E-state index >= 15 is 0 Å². The van der Waals surface area contributed by atoms with Gasteiger partial charge in [-0.3, -0.25) is 9.59 Å². The summed E-state index contributed by atoms with van der Waals surface area (Å²) in [5.41, 5.74) is 0. The van der Waals surface area contributed by atoms with E-state index in [4.69, 9.17) is 0 Å². The molecule has 0 saturated carbocycles. The number of nitrogens with zero attached hydrogens (tertiary/aromatic N) is 2. The highest BCUT2D eigenvalue weighted by Gasteiger charge is 2.41. The molecule has 1 aliphatic rings. The molecule has 1 saturated heterocycles. The third kappa shape index (κ3) is 3.73. The molecule has 0 bridgehead atoms. The highest BCUT2D eigenvalue weighted by Crippen LogP contribution is 2.28. The molecule has 1 aromatic rings. The van der Waals surface area contributed by atoms with Gasteiger partial charge in [0.2, 0.25) is 5.91 Å². The molecule has 2 heterocycles. The minimum Gasteiger partial charge on any atom is -0.480 e. The van der Waals surface area contributed by atoms with Crippen molar-refractivity contribution in [2.45, 2.75) is 36.9 Å². The van der Waals surface area contributed by atoms with Crippen LogP contribution in [-0.4, -0.2) is 60.3 Å². The fraction of sp³-hybridized carbons (Fsp3) is 0.571. The van der Waals surface area contributed by atoms with E-state index in [0.717, 1.165) is 22.0 Å². The maximum Gasteiger partial charge on any atom is 0.323 e. The number of aryl methyl sites for hydroxylation is 1. The van der Waals surface area contributed by atoms with Crippen LogP contribution < -0.4 is 0 Å². The topological polar surface area (TPSA) is 95.0 Å². The average molecular weight is 360 g/mol. The van der Waals surface area contributed by atoms with Crippen molar-refractivity contribution in [2.24, 2.45) is 0 Å². The summed E-state index contributed by atoms with van der Waals surface area (Å²) in [6, 6.07) is 2.04. The maximum absolute atomic E-state index is 12.8. The zero-order valence-corrected chi connectivity index (χ0v) is 14.7. The lowest BCUT2D eigenvalue weighted by atomic mass is 10.2. The predicted octanol–water partition coefficient (Wildman–Crippen LogP) is 1.01. The largest absolute Gasteiger partial charge is 0.480 e. The third-order valence-electron chi connectivity index (χ3n) is 3.76. The van der Waals surface area contributed by atoms with Crippen LogP contribution in [0.3, 0.4) is 0 Å². The highest BCUT2D eigenvalue weighted by molar-refractivity contribution is 7.91. The Morgan fingerprint density at radius 2 is 2.04 bits per heavy atom. The summed E-state index contributed by atoms with van der Waals surface area (Å²) in [4.78, 5) is 25.2. The maximum atomic E-state index is 12.8. The van der Waals surface area contributed by atoms with Gasteiger partial charge in [0.1, 0.15) is 10.3 Å². The normalized spacial score (nSPS) is 19.7. The molecule has 1 atom stereocenters. The Morgan fingerprint density at radius 1 is 1.35 bits per heavy atom. The van der Waals surface area contributed by atoms with Crippen LogP contribution in [0.5, 0.6) is 0 Å². The Hall–Kier alpha value is -1.45. The fourth-order valence-electron chi connectivity index (χ4n) is 2.53. The van der Waals surface area contributed by atoms with Gasteiger partial charge < -0.3 is 10.0 Å². The molecule has 1 N–H and O–H groups in total. The molecule has 23 heavy (non-hydrogen) atoms. The number of hydrogen-bond acceptors (Lipinski definition) is 5. The summed E-state index contributed by atoms with van der Waals surface area (Å²) in [6.07, 6.45) is 1.70. The minimum atomic E-state index is -3.87. The fourth-order valence-corrected chi connectivity index (χ4v) is 5.69. The molecule has 1 aromatic heterocycles. The van der Waals surface area contributed by atoms with Crippen LogP contribution in [0.15, 0.2) is 16.3 Å². The Labute approximate surface area is 139 Å². The number of carboxylic acid groups (broad SMARTS) is 1. The number of carbonyl (C=O) groups excluding carboxylic acids is 1. The van der Waals surface area contributed by atoms with E-state index in [9.17, 15) is 23.1 Å². The van der Waals surface area contributed by atoms with E-state index < -0.39 is 22.0 Å². The van der Waals surface area contributed by atoms with Crippen molar-refractivity contribution in [3.8, 4) is 0 Å². The van der Waals surface area contributed by atoms with Gasteiger partial charge in [-0.1, -0.05) is 13.3 Å². The summed E-state index contributed by atoms with van der Waals surface area (Å²) in [5, 5.41) is 9.37. The molecule has 1 amide bonds. The molecule has 0 aromatic carbocycles. The van der Waals surface area contributed by atoms with Crippen LogP contribution in [0.1, 0.15) is 25.1 Å². The van der Waals surface area contributed by atoms with Crippen molar-refractivity contribution in [2.75, 3.05) is 19.6 Å². The molecule has 2 rings (SSSR count). The third-order valence-corrected chi connectivity index (χ3v) is 7.28. The van der Waals surface area contributed by atoms with Gasteiger partial charge in [-0.05, 0) is 18.6 Å². The van der Waals surface area contributed by atoms with Crippen molar-refractivity contribution in [3.63, 3.8) is 0 Å². The molecule has 1 aliphatic heterocycles. The molecule has 0 aliphatic carbocycles. The number of rotatable bonds is 5. The Bertz CT molecular complexity index is 698. The molecule has 128 valence electrons. The first kappa shape index (κ1) is 17.9. The van der Waals surface area contributed by atoms with Gasteiger partial charge in [-0.2, -0.15) is 4.31 Å². The first-order chi connectivity index (χ1) is 10.8. The summed E-state index contributed by atoms with van der Waals surface area (Å²) in [5.74, 6) is -1.50. The molecule has 0 spiro atoms. The van der Waals surface area contributed by atoms with Gasteiger partial charge in [0.15, 0.2) is 0 Å². The zero-order chi connectivity index (χ0) is 17.2. The number of piperazine rings is 1. The van der Waals surface area contributed by atoms with E-state index in [1.54, 1.807) is 6.07 Å². The number of aliphatic carboxylic acids is 1. The zero-order valence-electron chi connectivity index (χ0n) is 13.1. The van der Waals surface area contributed by atoms with Crippen LogP contribution in [0.4, 0.5) is 0 Å². The van der Waals surface area contributed by atoms with E-state index in [-0.39, 0.29) is 29.8 Å². The number of amides is 1. The Balaban J connectivity index is 2.29. The first-order valence-corrected chi connectivity index (χ1v) is 9.62. The summed E-state index contributed by atoms with van der Waals surface area (Å²) in [6.45, 7) is 3.41. The number of sulfonamides is 1. The first-order valence-electron chi connectivity index (χ1n) is 7.36. The highest BCUT2D eigenvalue weighted by atomic mass is 32.2. The quantitative estimate of drug-likeness (QED) is 0.845. The smallest absolute Gasteiger partial charge is 0.323 e. The predicted molar refractivity (Wildman–Crippen MR) is 85.9 cm³/mol. The second-order valence-electron chi connectivity index (χ2n) is 5.41. The Morgan fingerprint density at radius 3 is 2.61 bits per heavy atom. The lowest BCUT2D eigenvalue weighted by molar-refractivity contribution is -0.145. The van der Waals surface area contributed by atoms with Crippen LogP contribution >= 0.6 is 11.3 Å². The average Bonchev–Trinajstić information content (AvgIpc) is 2.96. The number of carboxylic acids is 1. The van der Waals surface area contributed by atoms with Crippen LogP contribution in [0.25, 0.3) is 0 Å². The van der Waals surface area contributed by atoms with Gasteiger partial charge in [0.25, 0.3) is 10.0 Å². The summed E-state index contributed by atoms with van der Waals surface area (Å²) in [7, 11) is -3.87. The second-order valence-corrected chi connectivity index (χ2v) is 8.69. The second kappa shape index (κ2) is 6.98. The molecular formula is C14H20N2O5S2. The summed E-state index contributed by atoms with van der Waals surface area (Å²) >= 11 is 1.18. The SMILES string of the molecule is CCCc1ccc(S(=O)(=O)N2CCN(C(C)=O)C[C@@H]2C(=O)O)s1. The molecule has 1 fully saturated rings. The molecule has 9 heteroatoms. The Kier molecular flexibility index (Phi) is 5.43. The lowest BCUT2D eigenvalue weighted by Gasteiger charge is -2.37. The van der Waals surface area contributed by atoms with Gasteiger partial charge >= 0.3 is 5.97 Å². The van der Waals surface area contributed by atoms with Crippen molar-refractivity contribution < 1.29 is 23.1 Å². The van der Waals surface area contributed by atoms with E-state index in [1.807, 2.05) is 6.92 Å². The van der Waals surface area contributed by atoms with E-state index in [0.29, 0.717) is 0 Å². The molecule has 0 unspecified atom stereocenters. The van der Waals surface area contributed by atoms with E-state index in [1.165, 1.54) is 29.2 Å². The number of thiophene rings is 1. The number of carbonyl (C=O) groups is 2. The molecular weight excluding hydrogens is 340 g/mol. The van der Waals surface area contributed by atoms with Gasteiger partial charge in [0, 0.05) is 31.4 Å². The van der Waals surface area contributed by atoms with Crippen LogP contribution in [-0.2, 0) is 26.0 Å². The standard InChI is InChI=1S/C14H20N2O5S2/c1-3-4-11-5-6-13(22-11)23(20,21)16-8-7-15(10(2)17)9-12(16)14(18)19/h5-6,12H,3-4,7-9H2,1-2H3,(H,18,19)/t12-/m1/s1. The van der Waals surface area contributed by atoms with Gasteiger partial charge in [-0.15, -0.1) is 11.3 Å². The molecule has 7 nitrogen and oxygen atoms in total. The lowest BCUT2D eigenvalue weighted by Crippen LogP contribution is -2.58. The van der Waals surface area contributed by atoms with Crippen LogP contribution in [0.2, 0.25) is 0 Å². The van der Waals surface area contributed by atoms with Crippen molar-refractivity contribution in [1.29, 1.82) is 0 Å². The monoisotopic (exact) mass is 360 g/mol. The minimum absolute atomic E-state index is 0.0140. The number of hydrogen-bond donors (Lipinski definition) is 1. The van der Waals surface area contributed by atoms with Crippen molar-refractivity contribution in [3.05, 3.63) is 17.0 Å². The van der Waals surface area contributed by atoms with Gasteiger partial charge in [0.05, 0.1) is 0 Å². The van der Waals surface area contributed by atoms with Gasteiger partial charge in [-0.25, -0.2) is 8.42 Å². The van der Waals surface area contributed by atoms with E-state index in [2.05, 4.69) is 0 Å². The van der Waals surface area contributed by atoms with Crippen molar-refractivity contribution >= 4 is 33.2 Å². The van der Waals surface area contributed by atoms with Crippen molar-refractivity contribution in [1.82, 2.24) is 9.21 Å². The summed E-state index contributed by atoms with van der Waals surface area (Å²) < 4.78 is 26.7.